The SMILES string of the molecule is CS(=O)(=O)c1ncc(Br)c(-c2nnc(-c3ccc(Cl)cc3)o2)n1. The molecule has 0 bridgehead atoms. The van der Waals surface area contributed by atoms with Gasteiger partial charge in [-0.1, -0.05) is 11.6 Å². The second-order valence-electron chi connectivity index (χ2n) is 4.54. The van der Waals surface area contributed by atoms with Crippen LogP contribution in [0.3, 0.4) is 0 Å². The lowest BCUT2D eigenvalue weighted by Crippen LogP contribution is -2.05. The molecule has 2 aromatic heterocycles. The van der Waals surface area contributed by atoms with Crippen LogP contribution in [0.1, 0.15) is 0 Å². The van der Waals surface area contributed by atoms with Crippen molar-refractivity contribution in [3.05, 3.63) is 40.0 Å². The van der Waals surface area contributed by atoms with Crippen LogP contribution in [0.15, 0.2) is 44.5 Å². The van der Waals surface area contributed by atoms with Gasteiger partial charge in [0.2, 0.25) is 20.9 Å². The number of benzene rings is 1. The first-order valence-electron chi connectivity index (χ1n) is 6.17. The van der Waals surface area contributed by atoms with Gasteiger partial charge in [-0.2, -0.15) is 0 Å². The first kappa shape index (κ1) is 16.0. The first-order valence-corrected chi connectivity index (χ1v) is 9.23. The van der Waals surface area contributed by atoms with Crippen molar-refractivity contribution in [2.45, 2.75) is 5.16 Å². The van der Waals surface area contributed by atoms with Crippen molar-refractivity contribution in [2.75, 3.05) is 6.26 Å². The van der Waals surface area contributed by atoms with Crippen LogP contribution in [0.2, 0.25) is 5.02 Å². The molecule has 2 heterocycles. The summed E-state index contributed by atoms with van der Waals surface area (Å²) in [5, 5.41) is 8.11. The fourth-order valence-corrected chi connectivity index (χ4v) is 2.70. The van der Waals surface area contributed by atoms with Crippen molar-refractivity contribution in [1.82, 2.24) is 20.2 Å². The number of aromatic nitrogens is 4. The molecule has 3 rings (SSSR count). The van der Waals surface area contributed by atoms with Gasteiger partial charge in [0, 0.05) is 23.0 Å². The van der Waals surface area contributed by atoms with E-state index >= 15 is 0 Å². The van der Waals surface area contributed by atoms with E-state index in [1.54, 1.807) is 24.3 Å². The fourth-order valence-electron chi connectivity index (χ4n) is 1.71. The Labute approximate surface area is 144 Å². The Bertz CT molecular complexity index is 973. The van der Waals surface area contributed by atoms with Gasteiger partial charge in [0.1, 0.15) is 5.69 Å². The summed E-state index contributed by atoms with van der Waals surface area (Å²) >= 11 is 9.08. The Morgan fingerprint density at radius 1 is 1.13 bits per heavy atom. The number of sulfone groups is 1. The normalized spacial score (nSPS) is 11.6. The first-order chi connectivity index (χ1) is 10.8. The summed E-state index contributed by atoms with van der Waals surface area (Å²) < 4.78 is 29.1. The minimum Gasteiger partial charge on any atom is -0.415 e. The van der Waals surface area contributed by atoms with E-state index in [0.29, 0.717) is 15.1 Å². The molecule has 0 fully saturated rings. The van der Waals surface area contributed by atoms with E-state index in [4.69, 9.17) is 16.0 Å². The third kappa shape index (κ3) is 3.41. The van der Waals surface area contributed by atoms with Crippen molar-refractivity contribution < 1.29 is 12.8 Å². The van der Waals surface area contributed by atoms with E-state index in [-0.39, 0.29) is 22.6 Å². The molecule has 118 valence electrons. The Hall–Kier alpha value is -1.84. The van der Waals surface area contributed by atoms with Gasteiger partial charge >= 0.3 is 0 Å². The molecule has 1 aromatic carbocycles. The lowest BCUT2D eigenvalue weighted by molar-refractivity contribution is 0.577. The highest BCUT2D eigenvalue weighted by molar-refractivity contribution is 9.10. The average Bonchev–Trinajstić information content (AvgIpc) is 2.97. The Kier molecular flexibility index (Phi) is 4.17. The quantitative estimate of drug-likeness (QED) is 0.606. The minimum absolute atomic E-state index is 0.0779. The predicted octanol–water partition coefficient (Wildman–Crippen LogP) is 3.01. The molecule has 0 aliphatic heterocycles. The van der Waals surface area contributed by atoms with E-state index in [2.05, 4.69) is 36.1 Å². The molecule has 3 aromatic rings. The van der Waals surface area contributed by atoms with Gasteiger partial charge in [-0.15, -0.1) is 10.2 Å². The topological polar surface area (TPSA) is 98.8 Å². The van der Waals surface area contributed by atoms with Crippen molar-refractivity contribution in [3.63, 3.8) is 0 Å². The smallest absolute Gasteiger partial charge is 0.267 e. The van der Waals surface area contributed by atoms with Gasteiger partial charge in [0.05, 0.1) is 4.47 Å². The molecule has 0 unspecified atom stereocenters. The van der Waals surface area contributed by atoms with Crippen LogP contribution in [-0.2, 0) is 9.84 Å². The number of nitrogens with zero attached hydrogens (tertiary/aromatic N) is 4. The van der Waals surface area contributed by atoms with Crippen LogP contribution in [0.5, 0.6) is 0 Å². The second-order valence-corrected chi connectivity index (χ2v) is 7.74. The fraction of sp³-hybridized carbons (Fsp3) is 0.0769. The average molecular weight is 416 g/mol. The van der Waals surface area contributed by atoms with Crippen LogP contribution in [-0.4, -0.2) is 34.8 Å². The zero-order chi connectivity index (χ0) is 16.6. The maximum absolute atomic E-state index is 11.6. The van der Waals surface area contributed by atoms with Gasteiger partial charge in [0.15, 0.2) is 0 Å². The van der Waals surface area contributed by atoms with E-state index in [0.717, 1.165) is 6.26 Å². The number of hydrogen-bond acceptors (Lipinski definition) is 7. The molecule has 7 nitrogen and oxygen atoms in total. The van der Waals surface area contributed by atoms with E-state index in [1.807, 2.05) is 0 Å². The summed E-state index contributed by atoms with van der Waals surface area (Å²) in [5.74, 6) is 0.345. The number of halogens is 2. The highest BCUT2D eigenvalue weighted by Crippen LogP contribution is 2.28. The Morgan fingerprint density at radius 2 is 1.78 bits per heavy atom. The van der Waals surface area contributed by atoms with Crippen LogP contribution in [0.25, 0.3) is 23.0 Å². The molecule has 23 heavy (non-hydrogen) atoms. The maximum Gasteiger partial charge on any atom is 0.267 e. The summed E-state index contributed by atoms with van der Waals surface area (Å²) in [4.78, 5) is 7.73. The Balaban J connectivity index is 2.05. The monoisotopic (exact) mass is 414 g/mol. The van der Waals surface area contributed by atoms with Gasteiger partial charge in [0.25, 0.3) is 5.89 Å². The van der Waals surface area contributed by atoms with Crippen LogP contribution in [0.4, 0.5) is 0 Å². The second kappa shape index (κ2) is 5.99. The molecular weight excluding hydrogens is 408 g/mol. The van der Waals surface area contributed by atoms with Crippen LogP contribution < -0.4 is 0 Å². The minimum atomic E-state index is -3.55. The summed E-state index contributed by atoms with van der Waals surface area (Å²) in [6.07, 6.45) is 2.35. The predicted molar refractivity (Wildman–Crippen MR) is 86.6 cm³/mol. The maximum atomic E-state index is 11.6. The summed E-state index contributed by atoms with van der Waals surface area (Å²) in [6, 6.07) is 6.86. The highest BCUT2D eigenvalue weighted by atomic mass is 79.9. The number of rotatable bonds is 3. The van der Waals surface area contributed by atoms with Crippen molar-refractivity contribution in [3.8, 4) is 23.0 Å². The van der Waals surface area contributed by atoms with Crippen LogP contribution >= 0.6 is 27.5 Å². The lowest BCUT2D eigenvalue weighted by atomic mass is 10.2. The molecule has 0 amide bonds. The zero-order valence-electron chi connectivity index (χ0n) is 11.6. The molecule has 0 saturated heterocycles. The molecule has 0 radical (unpaired) electrons. The van der Waals surface area contributed by atoms with E-state index in [9.17, 15) is 8.42 Å². The van der Waals surface area contributed by atoms with Crippen molar-refractivity contribution in [1.29, 1.82) is 0 Å². The standard InChI is InChI=1S/C13H8BrClN4O3S/c1-23(20,21)13-16-6-9(14)10(17-13)12-19-18-11(22-12)7-2-4-8(15)5-3-7/h2-6H,1H3. The third-order valence-electron chi connectivity index (χ3n) is 2.77. The van der Waals surface area contributed by atoms with Gasteiger partial charge in [-0.3, -0.25) is 0 Å². The molecule has 0 aliphatic carbocycles. The highest BCUT2D eigenvalue weighted by Gasteiger charge is 2.19. The zero-order valence-corrected chi connectivity index (χ0v) is 14.7. The van der Waals surface area contributed by atoms with E-state index < -0.39 is 9.84 Å². The summed E-state index contributed by atoms with van der Waals surface area (Å²) in [6.45, 7) is 0. The largest absolute Gasteiger partial charge is 0.415 e. The Morgan fingerprint density at radius 3 is 2.43 bits per heavy atom. The summed E-state index contributed by atoms with van der Waals surface area (Å²) in [5.41, 5.74) is 0.884. The molecule has 0 atom stereocenters. The molecule has 0 spiro atoms. The summed E-state index contributed by atoms with van der Waals surface area (Å²) in [7, 11) is -3.55. The van der Waals surface area contributed by atoms with Gasteiger partial charge in [-0.05, 0) is 40.2 Å². The van der Waals surface area contributed by atoms with E-state index in [1.165, 1.54) is 6.20 Å². The van der Waals surface area contributed by atoms with Crippen LogP contribution in [0, 0.1) is 0 Å². The van der Waals surface area contributed by atoms with Crippen molar-refractivity contribution in [2.24, 2.45) is 0 Å². The molecule has 0 saturated carbocycles. The molecule has 0 N–H and O–H groups in total. The molecular formula is C13H8BrClN4O3S. The number of hydrogen-bond donors (Lipinski definition) is 0. The lowest BCUT2D eigenvalue weighted by Gasteiger charge is -2.01. The van der Waals surface area contributed by atoms with Crippen molar-refractivity contribution >= 4 is 37.4 Å². The van der Waals surface area contributed by atoms with Gasteiger partial charge in [-0.25, -0.2) is 18.4 Å². The third-order valence-corrected chi connectivity index (χ3v) is 4.46. The van der Waals surface area contributed by atoms with Gasteiger partial charge < -0.3 is 4.42 Å². The molecule has 0 aliphatic rings. The molecule has 10 heteroatoms.